The van der Waals surface area contributed by atoms with E-state index in [2.05, 4.69) is 148 Å². The summed E-state index contributed by atoms with van der Waals surface area (Å²) in [4.78, 5) is 10.2. The molecule has 0 radical (unpaired) electrons. The maximum Gasteiger partial charge on any atom is 0.146 e. The number of nitrogens with zero attached hydrogens (tertiary/aromatic N) is 4. The molecule has 0 spiro atoms. The molecule has 0 aliphatic carbocycles. The number of benzene rings is 6. The van der Waals surface area contributed by atoms with Crippen molar-refractivity contribution in [3.63, 3.8) is 0 Å². The van der Waals surface area contributed by atoms with Crippen molar-refractivity contribution in [2.45, 2.75) is 0 Å². The number of pyridine rings is 2. The maximum atomic E-state index is 6.69. The molecule has 5 heteroatoms. The molecule has 49 heavy (non-hydrogen) atoms. The molecule has 11 aromatic rings. The highest BCUT2D eigenvalue weighted by atomic mass is 16.5. The molecular formula is C44H26N4O. The van der Waals surface area contributed by atoms with E-state index in [1.54, 1.807) is 0 Å². The second-order valence-electron chi connectivity index (χ2n) is 12.6. The minimum absolute atomic E-state index is 0.756. The molecular weight excluding hydrogens is 601 g/mol. The van der Waals surface area contributed by atoms with Gasteiger partial charge in [-0.3, -0.25) is 8.80 Å². The van der Waals surface area contributed by atoms with Gasteiger partial charge in [0.05, 0.1) is 27.9 Å². The number of fused-ring (bicyclic) bond motifs is 12. The zero-order valence-electron chi connectivity index (χ0n) is 26.2. The summed E-state index contributed by atoms with van der Waals surface area (Å²) in [5.41, 5.74) is 9.48. The SMILES string of the molecule is c1ccc(-c2nc3c4cc(Oc5ccc6c7cccc8c9cccnc9n(c6c5)c78)ccc4c4ccccc4n3c2-c2ccccc2)cc1. The highest BCUT2D eigenvalue weighted by Crippen LogP contribution is 2.42. The summed E-state index contributed by atoms with van der Waals surface area (Å²) in [5, 5.41) is 8.12. The van der Waals surface area contributed by atoms with E-state index in [0.29, 0.717) is 0 Å². The van der Waals surface area contributed by atoms with Gasteiger partial charge in [0.2, 0.25) is 0 Å². The zero-order valence-corrected chi connectivity index (χ0v) is 26.2. The predicted octanol–water partition coefficient (Wildman–Crippen LogP) is 11.3. The summed E-state index contributed by atoms with van der Waals surface area (Å²) in [6.45, 7) is 0. The van der Waals surface area contributed by atoms with Crippen LogP contribution in [0.2, 0.25) is 0 Å². The molecule has 0 fully saturated rings. The Morgan fingerprint density at radius 2 is 1.08 bits per heavy atom. The summed E-state index contributed by atoms with van der Waals surface area (Å²) >= 11 is 0. The Morgan fingerprint density at radius 1 is 0.429 bits per heavy atom. The van der Waals surface area contributed by atoms with Gasteiger partial charge in [-0.25, -0.2) is 9.97 Å². The smallest absolute Gasteiger partial charge is 0.146 e. The van der Waals surface area contributed by atoms with Crippen LogP contribution in [0.1, 0.15) is 0 Å². The van der Waals surface area contributed by atoms with Gasteiger partial charge in [-0.2, -0.15) is 0 Å². The number of ether oxygens (including phenoxy) is 1. The van der Waals surface area contributed by atoms with Crippen LogP contribution < -0.4 is 4.74 Å². The Hall–Kier alpha value is -6.72. The minimum Gasteiger partial charge on any atom is -0.457 e. The van der Waals surface area contributed by atoms with Crippen LogP contribution in [0.15, 0.2) is 158 Å². The van der Waals surface area contributed by atoms with Crippen molar-refractivity contribution in [1.82, 2.24) is 18.8 Å². The molecule has 0 saturated heterocycles. The molecule has 11 rings (SSSR count). The average molecular weight is 627 g/mol. The molecule has 6 aromatic carbocycles. The number of aromatic nitrogens is 4. The summed E-state index contributed by atoms with van der Waals surface area (Å²) in [6, 6.07) is 53.0. The quantitative estimate of drug-likeness (QED) is 0.183. The van der Waals surface area contributed by atoms with Crippen molar-refractivity contribution in [2.24, 2.45) is 0 Å². The van der Waals surface area contributed by atoms with Crippen LogP contribution in [-0.4, -0.2) is 18.8 Å². The summed E-state index contributed by atoms with van der Waals surface area (Å²) in [5.74, 6) is 1.53. The number of imidazole rings is 1. The van der Waals surface area contributed by atoms with Crippen LogP contribution >= 0.6 is 0 Å². The Bertz CT molecular complexity index is 3070. The van der Waals surface area contributed by atoms with Crippen molar-refractivity contribution in [3.05, 3.63) is 158 Å². The van der Waals surface area contributed by atoms with Gasteiger partial charge in [0, 0.05) is 55.7 Å². The lowest BCUT2D eigenvalue weighted by Gasteiger charge is -2.13. The lowest BCUT2D eigenvalue weighted by Crippen LogP contribution is -1.95. The first-order chi connectivity index (χ1) is 24.3. The van der Waals surface area contributed by atoms with Crippen molar-refractivity contribution < 1.29 is 4.74 Å². The van der Waals surface area contributed by atoms with Crippen molar-refractivity contribution >= 4 is 65.5 Å². The van der Waals surface area contributed by atoms with E-state index in [1.807, 2.05) is 18.3 Å². The van der Waals surface area contributed by atoms with E-state index >= 15 is 0 Å². The maximum absolute atomic E-state index is 6.69. The first-order valence-corrected chi connectivity index (χ1v) is 16.5. The number of para-hydroxylation sites is 2. The van der Waals surface area contributed by atoms with Crippen molar-refractivity contribution in [2.75, 3.05) is 0 Å². The van der Waals surface area contributed by atoms with E-state index in [4.69, 9.17) is 14.7 Å². The zero-order chi connectivity index (χ0) is 32.1. The first kappa shape index (κ1) is 26.4. The second-order valence-corrected chi connectivity index (χ2v) is 12.6. The molecule has 0 aliphatic heterocycles. The molecule has 0 amide bonds. The second kappa shape index (κ2) is 9.89. The monoisotopic (exact) mass is 626 g/mol. The molecule has 0 N–H and O–H groups in total. The first-order valence-electron chi connectivity index (χ1n) is 16.5. The van der Waals surface area contributed by atoms with E-state index < -0.39 is 0 Å². The molecule has 0 aliphatic rings. The fourth-order valence-electron chi connectivity index (χ4n) is 7.87. The largest absolute Gasteiger partial charge is 0.457 e. The average Bonchev–Trinajstić information content (AvgIpc) is 3.84. The van der Waals surface area contributed by atoms with Gasteiger partial charge < -0.3 is 4.74 Å². The van der Waals surface area contributed by atoms with Crippen molar-refractivity contribution in [3.8, 4) is 34.0 Å². The molecule has 0 unspecified atom stereocenters. The third-order valence-corrected chi connectivity index (χ3v) is 9.92. The number of rotatable bonds is 4. The van der Waals surface area contributed by atoms with E-state index in [1.165, 1.54) is 21.7 Å². The number of hydrogen-bond donors (Lipinski definition) is 0. The highest BCUT2D eigenvalue weighted by Gasteiger charge is 2.22. The van der Waals surface area contributed by atoms with E-state index in [-0.39, 0.29) is 0 Å². The third kappa shape index (κ3) is 3.70. The van der Waals surface area contributed by atoms with Crippen LogP contribution in [0.25, 0.3) is 88.1 Å². The molecule has 0 atom stereocenters. The molecule has 5 aromatic heterocycles. The molecule has 5 nitrogen and oxygen atoms in total. The molecule has 0 bridgehead atoms. The van der Waals surface area contributed by atoms with E-state index in [0.717, 1.165) is 77.9 Å². The Labute approximate surface area is 280 Å². The van der Waals surface area contributed by atoms with Gasteiger partial charge in [0.1, 0.15) is 22.8 Å². The highest BCUT2D eigenvalue weighted by molar-refractivity contribution is 6.22. The fraction of sp³-hybridized carbons (Fsp3) is 0. The topological polar surface area (TPSA) is 43.8 Å². The van der Waals surface area contributed by atoms with Crippen LogP contribution in [0.5, 0.6) is 11.5 Å². The standard InChI is InChI=1S/C44H26N4O/c1-3-11-27(12-4-1)40-41(28-13-5-2-6-14-28)47-38-19-8-7-15-32(38)31-22-20-29(25-37(31)44(47)46-40)49-30-21-23-33-34-16-9-17-35-36-18-10-24-45-43(36)48(42(34)35)39(33)26-30/h1-26H. The minimum atomic E-state index is 0.756. The van der Waals surface area contributed by atoms with Crippen LogP contribution in [-0.2, 0) is 0 Å². The Kier molecular flexibility index (Phi) is 5.32. The van der Waals surface area contributed by atoms with Crippen molar-refractivity contribution in [1.29, 1.82) is 0 Å². The lowest BCUT2D eigenvalue weighted by atomic mass is 10.0. The normalized spacial score (nSPS) is 12.1. The fourth-order valence-corrected chi connectivity index (χ4v) is 7.87. The molecule has 0 saturated carbocycles. The van der Waals surface area contributed by atoms with E-state index in [9.17, 15) is 0 Å². The molecule has 5 heterocycles. The van der Waals surface area contributed by atoms with Gasteiger partial charge in [-0.15, -0.1) is 0 Å². The summed E-state index contributed by atoms with van der Waals surface area (Å²) in [6.07, 6.45) is 1.87. The molecule has 228 valence electrons. The van der Waals surface area contributed by atoms with Crippen LogP contribution in [0.3, 0.4) is 0 Å². The number of hydrogen-bond acceptors (Lipinski definition) is 3. The van der Waals surface area contributed by atoms with Gasteiger partial charge in [0.25, 0.3) is 0 Å². The predicted molar refractivity (Wildman–Crippen MR) is 200 cm³/mol. The van der Waals surface area contributed by atoms with Gasteiger partial charge in [0.15, 0.2) is 0 Å². The van der Waals surface area contributed by atoms with Gasteiger partial charge in [-0.1, -0.05) is 97.1 Å². The Balaban J connectivity index is 1.14. The third-order valence-electron chi connectivity index (χ3n) is 9.92. The van der Waals surface area contributed by atoms with Gasteiger partial charge >= 0.3 is 0 Å². The van der Waals surface area contributed by atoms with Crippen LogP contribution in [0, 0.1) is 0 Å². The Morgan fingerprint density at radius 3 is 1.92 bits per heavy atom. The summed E-state index contributed by atoms with van der Waals surface area (Å²) < 4.78 is 11.3. The lowest BCUT2D eigenvalue weighted by molar-refractivity contribution is 0.484. The van der Waals surface area contributed by atoms with Crippen LogP contribution in [0.4, 0.5) is 0 Å². The van der Waals surface area contributed by atoms with Gasteiger partial charge in [-0.05, 0) is 53.9 Å². The summed E-state index contributed by atoms with van der Waals surface area (Å²) in [7, 11) is 0.